The van der Waals surface area contributed by atoms with Gasteiger partial charge in [0.05, 0.1) is 0 Å². The SMILES string of the molecule is CC(C)C(C)(C)CCCC(C)(C)S. The first-order chi connectivity index (χ1) is 5.65. The van der Waals surface area contributed by atoms with E-state index in [1.54, 1.807) is 0 Å². The molecule has 0 N–H and O–H groups in total. The molecule has 1 heteroatoms. The van der Waals surface area contributed by atoms with Gasteiger partial charge in [0.1, 0.15) is 0 Å². The van der Waals surface area contributed by atoms with Crippen LogP contribution in [0.5, 0.6) is 0 Å². The minimum atomic E-state index is 0.201. The van der Waals surface area contributed by atoms with E-state index in [1.165, 1.54) is 19.3 Å². The number of hydrogen-bond acceptors (Lipinski definition) is 1. The van der Waals surface area contributed by atoms with Crippen LogP contribution in [0.2, 0.25) is 0 Å². The zero-order valence-electron chi connectivity index (χ0n) is 10.1. The molecule has 0 saturated heterocycles. The summed E-state index contributed by atoms with van der Waals surface area (Å²) in [5.41, 5.74) is 0.485. The minimum Gasteiger partial charge on any atom is -0.173 e. The predicted molar refractivity (Wildman–Crippen MR) is 65.5 cm³/mol. The van der Waals surface area contributed by atoms with Crippen molar-refractivity contribution in [3.8, 4) is 0 Å². The van der Waals surface area contributed by atoms with Crippen molar-refractivity contribution < 1.29 is 0 Å². The highest BCUT2D eigenvalue weighted by Crippen LogP contribution is 2.33. The lowest BCUT2D eigenvalue weighted by molar-refractivity contribution is 0.219. The molecule has 0 bridgehead atoms. The van der Waals surface area contributed by atoms with E-state index in [9.17, 15) is 0 Å². The Kier molecular flexibility index (Phi) is 4.85. The van der Waals surface area contributed by atoms with Crippen molar-refractivity contribution in [1.82, 2.24) is 0 Å². The topological polar surface area (TPSA) is 0 Å². The molecule has 0 aromatic heterocycles. The molecule has 0 unspecified atom stereocenters. The van der Waals surface area contributed by atoms with Crippen LogP contribution in [-0.2, 0) is 0 Å². The Labute approximate surface area is 89.9 Å². The van der Waals surface area contributed by atoms with Crippen molar-refractivity contribution in [3.63, 3.8) is 0 Å². The van der Waals surface area contributed by atoms with Crippen LogP contribution in [0.1, 0.15) is 60.8 Å². The van der Waals surface area contributed by atoms with Gasteiger partial charge in [0.25, 0.3) is 0 Å². The molecule has 0 radical (unpaired) electrons. The van der Waals surface area contributed by atoms with Gasteiger partial charge in [-0.05, 0) is 24.2 Å². The standard InChI is InChI=1S/C12H26S/c1-10(2)11(3,4)8-7-9-12(5,6)13/h10,13H,7-9H2,1-6H3. The van der Waals surface area contributed by atoms with Gasteiger partial charge in [-0.25, -0.2) is 0 Å². The van der Waals surface area contributed by atoms with Crippen LogP contribution < -0.4 is 0 Å². The second kappa shape index (κ2) is 4.72. The lowest BCUT2D eigenvalue weighted by Crippen LogP contribution is -2.20. The lowest BCUT2D eigenvalue weighted by Gasteiger charge is -2.30. The summed E-state index contributed by atoms with van der Waals surface area (Å²) < 4.78 is 0.201. The number of hydrogen-bond donors (Lipinski definition) is 1. The molecule has 0 rings (SSSR count). The second-order valence-corrected chi connectivity index (χ2v) is 7.02. The van der Waals surface area contributed by atoms with Gasteiger partial charge in [-0.2, -0.15) is 12.6 Å². The Bertz CT molecular complexity index is 140. The van der Waals surface area contributed by atoms with Crippen LogP contribution in [0.4, 0.5) is 0 Å². The van der Waals surface area contributed by atoms with E-state index in [0.29, 0.717) is 5.41 Å². The fourth-order valence-corrected chi connectivity index (χ4v) is 1.42. The average molecular weight is 202 g/mol. The zero-order valence-corrected chi connectivity index (χ0v) is 11.0. The summed E-state index contributed by atoms with van der Waals surface area (Å²) in [6.07, 6.45) is 3.82. The molecule has 0 atom stereocenters. The van der Waals surface area contributed by atoms with Crippen molar-refractivity contribution in [1.29, 1.82) is 0 Å². The Balaban J connectivity index is 3.77. The third-order valence-corrected chi connectivity index (χ3v) is 3.40. The van der Waals surface area contributed by atoms with E-state index >= 15 is 0 Å². The first kappa shape index (κ1) is 13.4. The molecule has 80 valence electrons. The average Bonchev–Trinajstić information content (AvgIpc) is 1.82. The molecule has 0 fully saturated rings. The summed E-state index contributed by atoms with van der Waals surface area (Å²) in [7, 11) is 0. The minimum absolute atomic E-state index is 0.201. The van der Waals surface area contributed by atoms with Gasteiger partial charge in [0.2, 0.25) is 0 Å². The molecular formula is C12H26S. The molecule has 0 aromatic rings. The molecule has 0 saturated carbocycles. The highest BCUT2D eigenvalue weighted by molar-refractivity contribution is 7.81. The Morgan fingerprint density at radius 3 is 1.77 bits per heavy atom. The van der Waals surface area contributed by atoms with Crippen molar-refractivity contribution in [2.75, 3.05) is 0 Å². The molecule has 0 aliphatic rings. The van der Waals surface area contributed by atoms with Gasteiger partial charge < -0.3 is 0 Å². The summed E-state index contributed by atoms with van der Waals surface area (Å²) in [4.78, 5) is 0. The molecule has 0 aliphatic carbocycles. The number of thiol groups is 1. The third kappa shape index (κ3) is 6.42. The van der Waals surface area contributed by atoms with Crippen LogP contribution >= 0.6 is 12.6 Å². The van der Waals surface area contributed by atoms with Gasteiger partial charge in [-0.15, -0.1) is 0 Å². The van der Waals surface area contributed by atoms with Crippen LogP contribution in [0.15, 0.2) is 0 Å². The first-order valence-corrected chi connectivity index (χ1v) is 5.82. The maximum Gasteiger partial charge on any atom is 0.00731 e. The van der Waals surface area contributed by atoms with Crippen LogP contribution in [0.25, 0.3) is 0 Å². The smallest absolute Gasteiger partial charge is 0.00731 e. The maximum absolute atomic E-state index is 4.54. The molecule has 0 aromatic carbocycles. The molecule has 0 amide bonds. The quantitative estimate of drug-likeness (QED) is 0.621. The van der Waals surface area contributed by atoms with Crippen LogP contribution in [0, 0.1) is 11.3 Å². The van der Waals surface area contributed by atoms with E-state index in [4.69, 9.17) is 0 Å². The van der Waals surface area contributed by atoms with Crippen molar-refractivity contribution in [2.45, 2.75) is 65.6 Å². The van der Waals surface area contributed by atoms with Crippen molar-refractivity contribution >= 4 is 12.6 Å². The van der Waals surface area contributed by atoms with Crippen LogP contribution in [-0.4, -0.2) is 4.75 Å². The largest absolute Gasteiger partial charge is 0.173 e. The molecular weight excluding hydrogens is 176 g/mol. The van der Waals surface area contributed by atoms with E-state index < -0.39 is 0 Å². The second-order valence-electron chi connectivity index (χ2n) is 5.81. The molecule has 0 spiro atoms. The summed E-state index contributed by atoms with van der Waals surface area (Å²) in [5, 5.41) is 0. The van der Waals surface area contributed by atoms with Gasteiger partial charge in [-0.1, -0.05) is 48.0 Å². The monoisotopic (exact) mass is 202 g/mol. The van der Waals surface area contributed by atoms with E-state index in [0.717, 1.165) is 5.92 Å². The maximum atomic E-state index is 4.54. The molecule has 13 heavy (non-hydrogen) atoms. The van der Waals surface area contributed by atoms with E-state index in [-0.39, 0.29) is 4.75 Å². The fourth-order valence-electron chi connectivity index (χ4n) is 1.27. The third-order valence-electron chi connectivity index (χ3n) is 3.17. The summed E-state index contributed by atoms with van der Waals surface area (Å²) >= 11 is 4.54. The fraction of sp³-hybridized carbons (Fsp3) is 1.00. The summed E-state index contributed by atoms with van der Waals surface area (Å²) in [6.45, 7) is 13.7. The van der Waals surface area contributed by atoms with E-state index in [1.807, 2.05) is 0 Å². The lowest BCUT2D eigenvalue weighted by atomic mass is 9.77. The van der Waals surface area contributed by atoms with Gasteiger partial charge in [0, 0.05) is 4.75 Å². The number of rotatable bonds is 5. The van der Waals surface area contributed by atoms with Gasteiger partial charge >= 0.3 is 0 Å². The summed E-state index contributed by atoms with van der Waals surface area (Å²) in [6, 6.07) is 0. The van der Waals surface area contributed by atoms with Gasteiger partial charge in [-0.3, -0.25) is 0 Å². The first-order valence-electron chi connectivity index (χ1n) is 5.37. The highest BCUT2D eigenvalue weighted by atomic mass is 32.1. The van der Waals surface area contributed by atoms with Crippen molar-refractivity contribution in [2.24, 2.45) is 11.3 Å². The Morgan fingerprint density at radius 1 is 1.00 bits per heavy atom. The molecule has 0 nitrogen and oxygen atoms in total. The molecule has 0 aliphatic heterocycles. The summed E-state index contributed by atoms with van der Waals surface area (Å²) in [5.74, 6) is 0.774. The van der Waals surface area contributed by atoms with E-state index in [2.05, 4.69) is 54.2 Å². The van der Waals surface area contributed by atoms with Crippen LogP contribution in [0.3, 0.4) is 0 Å². The molecule has 0 heterocycles. The Hall–Kier alpha value is 0.350. The Morgan fingerprint density at radius 2 is 1.46 bits per heavy atom. The normalized spacial score (nSPS) is 13.8. The zero-order chi connectivity index (χ0) is 10.7. The van der Waals surface area contributed by atoms with Gasteiger partial charge in [0.15, 0.2) is 0 Å². The highest BCUT2D eigenvalue weighted by Gasteiger charge is 2.22. The van der Waals surface area contributed by atoms with Crippen molar-refractivity contribution in [3.05, 3.63) is 0 Å². The predicted octanol–water partition coefficient (Wildman–Crippen LogP) is 4.55.